The van der Waals surface area contributed by atoms with Gasteiger partial charge in [-0.3, -0.25) is 4.79 Å². The number of amides is 1. The summed E-state index contributed by atoms with van der Waals surface area (Å²) in [5, 5.41) is 7.37. The van der Waals surface area contributed by atoms with Gasteiger partial charge in [-0.25, -0.2) is 4.68 Å². The van der Waals surface area contributed by atoms with Crippen LogP contribution in [0.15, 0.2) is 42.5 Å². The van der Waals surface area contributed by atoms with Crippen LogP contribution in [0, 0.1) is 0 Å². The number of carbonyl (C=O) groups excluding carboxylic acids is 1. The molecule has 0 unspecified atom stereocenters. The quantitative estimate of drug-likeness (QED) is 0.656. The Morgan fingerprint density at radius 3 is 2.69 bits per heavy atom. The molecule has 3 aromatic rings. The fourth-order valence-corrected chi connectivity index (χ4v) is 3.02. The lowest BCUT2D eigenvalue weighted by Crippen LogP contribution is -2.10. The number of carbonyl (C=O) groups is 1. The molecule has 1 aliphatic heterocycles. The molecule has 1 N–H and O–H groups in total. The lowest BCUT2D eigenvalue weighted by Gasteiger charge is -2.08. The Morgan fingerprint density at radius 1 is 1.14 bits per heavy atom. The Bertz CT molecular complexity index is 1010. The van der Waals surface area contributed by atoms with Gasteiger partial charge >= 0.3 is 6.01 Å². The Labute approximate surface area is 168 Å². The predicted octanol–water partition coefficient (Wildman–Crippen LogP) is 3.80. The van der Waals surface area contributed by atoms with Crippen LogP contribution in [-0.2, 0) is 4.79 Å². The van der Waals surface area contributed by atoms with E-state index in [0.717, 1.165) is 23.4 Å². The molecule has 1 aromatic heterocycles. The summed E-state index contributed by atoms with van der Waals surface area (Å²) in [6.45, 7) is 4.53. The van der Waals surface area contributed by atoms with Crippen LogP contribution >= 0.6 is 0 Å². The summed E-state index contributed by atoms with van der Waals surface area (Å²) >= 11 is 0. The van der Waals surface area contributed by atoms with Gasteiger partial charge in [-0.05, 0) is 55.8 Å². The Balaban J connectivity index is 1.67. The SMILES string of the molecule is CCCC(=O)Nc1ccc(-n2nc(OCC)nc2-c2ccc3c(c2)OCO3)cc1. The third kappa shape index (κ3) is 4.01. The van der Waals surface area contributed by atoms with E-state index < -0.39 is 0 Å². The number of nitrogens with zero attached hydrogens (tertiary/aromatic N) is 3. The van der Waals surface area contributed by atoms with Crippen LogP contribution in [0.3, 0.4) is 0 Å². The van der Waals surface area contributed by atoms with E-state index in [9.17, 15) is 4.79 Å². The maximum atomic E-state index is 11.8. The summed E-state index contributed by atoms with van der Waals surface area (Å²) in [7, 11) is 0. The molecule has 0 radical (unpaired) electrons. The van der Waals surface area contributed by atoms with Gasteiger partial charge in [-0.15, -0.1) is 5.10 Å². The molecule has 0 saturated carbocycles. The van der Waals surface area contributed by atoms with E-state index in [1.54, 1.807) is 4.68 Å². The maximum absolute atomic E-state index is 11.8. The second kappa shape index (κ2) is 8.22. The average Bonchev–Trinajstić information content (AvgIpc) is 3.35. The number of rotatable bonds is 7. The van der Waals surface area contributed by atoms with Crippen molar-refractivity contribution in [1.82, 2.24) is 14.8 Å². The molecule has 0 spiro atoms. The first kappa shape index (κ1) is 18.8. The van der Waals surface area contributed by atoms with Crippen LogP contribution in [0.4, 0.5) is 5.69 Å². The van der Waals surface area contributed by atoms with Crippen molar-refractivity contribution < 1.29 is 19.0 Å². The van der Waals surface area contributed by atoms with E-state index in [4.69, 9.17) is 14.2 Å². The Kier molecular flexibility index (Phi) is 5.33. The van der Waals surface area contributed by atoms with Gasteiger partial charge in [0, 0.05) is 17.7 Å². The van der Waals surface area contributed by atoms with Crippen molar-refractivity contribution in [2.75, 3.05) is 18.7 Å². The van der Waals surface area contributed by atoms with Gasteiger partial charge in [0.1, 0.15) is 0 Å². The molecule has 8 nitrogen and oxygen atoms in total. The summed E-state index contributed by atoms with van der Waals surface area (Å²) in [5.74, 6) is 2.00. The molecule has 1 amide bonds. The summed E-state index contributed by atoms with van der Waals surface area (Å²) in [4.78, 5) is 16.3. The standard InChI is InChI=1S/C21H22N4O4/c1-3-5-19(26)22-15-7-9-16(10-8-15)25-20(23-21(24-25)27-4-2)14-6-11-17-18(12-14)29-13-28-17/h6-12H,3-5,13H2,1-2H3,(H,22,26). The van der Waals surface area contributed by atoms with Crippen molar-refractivity contribution in [2.45, 2.75) is 26.7 Å². The van der Waals surface area contributed by atoms with Crippen LogP contribution < -0.4 is 19.5 Å². The van der Waals surface area contributed by atoms with Crippen LogP contribution in [0.25, 0.3) is 17.1 Å². The molecule has 0 saturated heterocycles. The second-order valence-electron chi connectivity index (χ2n) is 6.48. The van der Waals surface area contributed by atoms with Gasteiger partial charge in [-0.2, -0.15) is 4.98 Å². The molecule has 150 valence electrons. The number of benzene rings is 2. The number of nitrogens with one attached hydrogen (secondary N) is 1. The van der Waals surface area contributed by atoms with Gasteiger partial charge < -0.3 is 19.5 Å². The fourth-order valence-electron chi connectivity index (χ4n) is 3.02. The molecular formula is C21H22N4O4. The van der Waals surface area contributed by atoms with Crippen LogP contribution in [-0.4, -0.2) is 34.1 Å². The molecular weight excluding hydrogens is 372 g/mol. The van der Waals surface area contributed by atoms with Crippen LogP contribution in [0.1, 0.15) is 26.7 Å². The van der Waals surface area contributed by atoms with Gasteiger partial charge in [0.15, 0.2) is 17.3 Å². The third-order valence-electron chi connectivity index (χ3n) is 4.36. The average molecular weight is 394 g/mol. The molecule has 0 bridgehead atoms. The van der Waals surface area contributed by atoms with E-state index in [2.05, 4.69) is 15.4 Å². The lowest BCUT2D eigenvalue weighted by atomic mass is 10.2. The van der Waals surface area contributed by atoms with Gasteiger partial charge in [0.05, 0.1) is 12.3 Å². The minimum atomic E-state index is 0.000636. The van der Waals surface area contributed by atoms with Crippen molar-refractivity contribution in [3.05, 3.63) is 42.5 Å². The summed E-state index contributed by atoms with van der Waals surface area (Å²) in [6, 6.07) is 13.4. The number of anilines is 1. The highest BCUT2D eigenvalue weighted by atomic mass is 16.7. The number of fused-ring (bicyclic) bond motifs is 1. The predicted molar refractivity (Wildman–Crippen MR) is 108 cm³/mol. The van der Waals surface area contributed by atoms with Gasteiger partial charge in [0.2, 0.25) is 12.7 Å². The lowest BCUT2D eigenvalue weighted by molar-refractivity contribution is -0.116. The van der Waals surface area contributed by atoms with E-state index >= 15 is 0 Å². The minimum absolute atomic E-state index is 0.000636. The maximum Gasteiger partial charge on any atom is 0.336 e. The zero-order valence-electron chi connectivity index (χ0n) is 16.3. The first-order chi connectivity index (χ1) is 14.2. The van der Waals surface area contributed by atoms with Crippen molar-refractivity contribution in [3.8, 4) is 34.6 Å². The van der Waals surface area contributed by atoms with E-state index in [1.807, 2.05) is 56.3 Å². The zero-order valence-corrected chi connectivity index (χ0v) is 16.3. The van der Waals surface area contributed by atoms with E-state index in [-0.39, 0.29) is 12.7 Å². The second-order valence-corrected chi connectivity index (χ2v) is 6.48. The van der Waals surface area contributed by atoms with Crippen molar-refractivity contribution >= 4 is 11.6 Å². The topological polar surface area (TPSA) is 87.5 Å². The van der Waals surface area contributed by atoms with Crippen molar-refractivity contribution in [2.24, 2.45) is 0 Å². The van der Waals surface area contributed by atoms with Crippen LogP contribution in [0.5, 0.6) is 17.5 Å². The fraction of sp³-hybridized carbons (Fsp3) is 0.286. The minimum Gasteiger partial charge on any atom is -0.463 e. The summed E-state index contributed by atoms with van der Waals surface area (Å²) in [5.41, 5.74) is 2.36. The molecule has 2 aromatic carbocycles. The molecule has 8 heteroatoms. The summed E-state index contributed by atoms with van der Waals surface area (Å²) < 4.78 is 18.1. The van der Waals surface area contributed by atoms with E-state index in [0.29, 0.717) is 36.4 Å². The van der Waals surface area contributed by atoms with E-state index in [1.165, 1.54) is 0 Å². The van der Waals surface area contributed by atoms with Gasteiger partial charge in [0.25, 0.3) is 0 Å². The van der Waals surface area contributed by atoms with Crippen molar-refractivity contribution in [3.63, 3.8) is 0 Å². The smallest absolute Gasteiger partial charge is 0.336 e. The summed E-state index contributed by atoms with van der Waals surface area (Å²) in [6.07, 6.45) is 1.30. The largest absolute Gasteiger partial charge is 0.463 e. The number of aromatic nitrogens is 3. The molecule has 0 aliphatic carbocycles. The molecule has 1 aliphatic rings. The first-order valence-electron chi connectivity index (χ1n) is 9.58. The highest BCUT2D eigenvalue weighted by Crippen LogP contribution is 2.36. The Morgan fingerprint density at radius 2 is 1.93 bits per heavy atom. The molecule has 4 rings (SSSR count). The first-order valence-corrected chi connectivity index (χ1v) is 9.58. The number of hydrogen-bond donors (Lipinski definition) is 1. The molecule has 0 atom stereocenters. The highest BCUT2D eigenvalue weighted by Gasteiger charge is 2.19. The Hall–Kier alpha value is -3.55. The van der Waals surface area contributed by atoms with Gasteiger partial charge in [-0.1, -0.05) is 6.92 Å². The number of ether oxygens (including phenoxy) is 3. The van der Waals surface area contributed by atoms with Crippen molar-refractivity contribution in [1.29, 1.82) is 0 Å². The molecule has 29 heavy (non-hydrogen) atoms. The molecule has 2 heterocycles. The molecule has 0 fully saturated rings. The normalized spacial score (nSPS) is 12.1. The third-order valence-corrected chi connectivity index (χ3v) is 4.36. The monoisotopic (exact) mass is 394 g/mol. The van der Waals surface area contributed by atoms with Crippen LogP contribution in [0.2, 0.25) is 0 Å². The zero-order chi connectivity index (χ0) is 20.2. The highest BCUT2D eigenvalue weighted by molar-refractivity contribution is 5.90. The number of hydrogen-bond acceptors (Lipinski definition) is 6.